The molecule has 2 aromatic carbocycles. The number of thioether (sulfide) groups is 1. The molecule has 0 aliphatic rings. The van der Waals surface area contributed by atoms with Crippen LogP contribution in [0.15, 0.2) is 58.7 Å². The van der Waals surface area contributed by atoms with Crippen LogP contribution in [0.3, 0.4) is 0 Å². The molecule has 2 heterocycles. The summed E-state index contributed by atoms with van der Waals surface area (Å²) in [6, 6.07) is 13.2. The van der Waals surface area contributed by atoms with Crippen molar-refractivity contribution >= 4 is 22.7 Å². The van der Waals surface area contributed by atoms with E-state index in [2.05, 4.69) is 20.2 Å². The number of aromatic nitrogens is 5. The smallest absolute Gasteiger partial charge is 0.258 e. The number of fused-ring (bicyclic) bond motifs is 1. The van der Waals surface area contributed by atoms with Crippen molar-refractivity contribution in [2.24, 2.45) is 0 Å². The van der Waals surface area contributed by atoms with Crippen molar-refractivity contribution in [3.63, 3.8) is 0 Å². The largest absolute Gasteiger partial charge is 0.495 e. The molecule has 7 nitrogen and oxygen atoms in total. The van der Waals surface area contributed by atoms with Crippen molar-refractivity contribution in [3.8, 4) is 11.4 Å². The molecular formula is C19H17N5O2S. The van der Waals surface area contributed by atoms with E-state index < -0.39 is 0 Å². The molecule has 1 N–H and O–H groups in total. The molecule has 0 aliphatic heterocycles. The van der Waals surface area contributed by atoms with Crippen molar-refractivity contribution in [3.05, 3.63) is 70.5 Å². The first-order chi connectivity index (χ1) is 13.2. The SMILES string of the molecule is COc1ccccc1-n1cnnc1SCc1nc2c(C)cccc2c(=O)[nH]1. The second-order valence-corrected chi connectivity index (χ2v) is 6.87. The second-order valence-electron chi connectivity index (χ2n) is 5.93. The highest BCUT2D eigenvalue weighted by Gasteiger charge is 2.13. The predicted molar refractivity (Wildman–Crippen MR) is 105 cm³/mol. The number of methoxy groups -OCH3 is 1. The summed E-state index contributed by atoms with van der Waals surface area (Å²) in [6.07, 6.45) is 1.64. The number of hydrogen-bond donors (Lipinski definition) is 1. The number of ether oxygens (including phenoxy) is 1. The molecule has 0 unspecified atom stereocenters. The van der Waals surface area contributed by atoms with E-state index in [0.29, 0.717) is 22.1 Å². The van der Waals surface area contributed by atoms with Crippen LogP contribution in [0.2, 0.25) is 0 Å². The minimum atomic E-state index is -0.134. The molecule has 8 heteroatoms. The highest BCUT2D eigenvalue weighted by molar-refractivity contribution is 7.98. The number of para-hydroxylation sites is 3. The van der Waals surface area contributed by atoms with Crippen molar-refractivity contribution in [2.75, 3.05) is 7.11 Å². The van der Waals surface area contributed by atoms with Crippen molar-refractivity contribution < 1.29 is 4.74 Å². The predicted octanol–water partition coefficient (Wildman–Crippen LogP) is 3.11. The number of H-pyrrole nitrogens is 1. The average molecular weight is 379 g/mol. The number of aryl methyl sites for hydroxylation is 1. The Hall–Kier alpha value is -3.13. The number of nitrogens with one attached hydrogen (secondary N) is 1. The van der Waals surface area contributed by atoms with E-state index in [1.165, 1.54) is 11.8 Å². The molecule has 0 fully saturated rings. The van der Waals surface area contributed by atoms with E-state index >= 15 is 0 Å². The average Bonchev–Trinajstić information content (AvgIpc) is 3.15. The Morgan fingerprint density at radius 1 is 1.19 bits per heavy atom. The molecule has 136 valence electrons. The summed E-state index contributed by atoms with van der Waals surface area (Å²) in [7, 11) is 1.63. The van der Waals surface area contributed by atoms with Gasteiger partial charge >= 0.3 is 0 Å². The normalized spacial score (nSPS) is 11.0. The zero-order valence-electron chi connectivity index (χ0n) is 14.8. The van der Waals surface area contributed by atoms with Crippen LogP contribution in [0, 0.1) is 6.92 Å². The first-order valence-corrected chi connectivity index (χ1v) is 9.30. The van der Waals surface area contributed by atoms with Crippen LogP contribution in [0.25, 0.3) is 16.6 Å². The fourth-order valence-electron chi connectivity index (χ4n) is 2.87. The Morgan fingerprint density at radius 2 is 2.04 bits per heavy atom. The third kappa shape index (κ3) is 3.31. The molecule has 0 saturated heterocycles. The number of aromatic amines is 1. The van der Waals surface area contributed by atoms with Gasteiger partial charge in [-0.3, -0.25) is 9.36 Å². The van der Waals surface area contributed by atoms with Gasteiger partial charge in [0.15, 0.2) is 5.16 Å². The Balaban J connectivity index is 1.64. The highest BCUT2D eigenvalue weighted by atomic mass is 32.2. The standard InChI is InChI=1S/C19H17N5O2S/c1-12-6-5-7-13-17(12)21-16(22-18(13)25)10-27-19-23-20-11-24(19)14-8-3-4-9-15(14)26-2/h3-9,11H,10H2,1-2H3,(H,21,22,25). The number of benzene rings is 2. The zero-order valence-corrected chi connectivity index (χ0v) is 15.7. The van der Waals surface area contributed by atoms with Gasteiger partial charge in [0.1, 0.15) is 17.9 Å². The quantitative estimate of drug-likeness (QED) is 0.536. The fourth-order valence-corrected chi connectivity index (χ4v) is 3.66. The number of nitrogens with zero attached hydrogens (tertiary/aromatic N) is 4. The Kier molecular flexibility index (Phi) is 4.64. The van der Waals surface area contributed by atoms with Gasteiger partial charge in [-0.05, 0) is 30.7 Å². The van der Waals surface area contributed by atoms with Gasteiger partial charge in [0.2, 0.25) is 0 Å². The first-order valence-electron chi connectivity index (χ1n) is 8.32. The molecule has 0 amide bonds. The van der Waals surface area contributed by atoms with Crippen LogP contribution >= 0.6 is 11.8 Å². The summed E-state index contributed by atoms with van der Waals surface area (Å²) in [6.45, 7) is 1.95. The summed E-state index contributed by atoms with van der Waals surface area (Å²) in [5, 5.41) is 9.48. The maximum Gasteiger partial charge on any atom is 0.258 e. The molecule has 27 heavy (non-hydrogen) atoms. The van der Waals surface area contributed by atoms with Crippen LogP contribution in [-0.2, 0) is 5.75 Å². The van der Waals surface area contributed by atoms with Crippen LogP contribution in [0.1, 0.15) is 11.4 Å². The molecule has 0 spiro atoms. The van der Waals surface area contributed by atoms with E-state index in [0.717, 1.165) is 22.5 Å². The number of rotatable bonds is 5. The van der Waals surface area contributed by atoms with E-state index in [1.54, 1.807) is 19.5 Å². The summed E-state index contributed by atoms with van der Waals surface area (Å²) in [4.78, 5) is 19.8. The number of hydrogen-bond acceptors (Lipinski definition) is 6. The zero-order chi connectivity index (χ0) is 18.8. The monoisotopic (exact) mass is 379 g/mol. The molecule has 4 rings (SSSR count). The molecule has 2 aromatic heterocycles. The van der Waals surface area contributed by atoms with Crippen LogP contribution in [0.5, 0.6) is 5.75 Å². The van der Waals surface area contributed by atoms with E-state index in [-0.39, 0.29) is 5.56 Å². The molecular weight excluding hydrogens is 362 g/mol. The van der Waals surface area contributed by atoms with Gasteiger partial charge in [-0.25, -0.2) is 4.98 Å². The lowest BCUT2D eigenvalue weighted by Crippen LogP contribution is -2.12. The Labute approximate surface area is 159 Å². The van der Waals surface area contributed by atoms with Gasteiger partial charge in [0.25, 0.3) is 5.56 Å². The van der Waals surface area contributed by atoms with Gasteiger partial charge in [-0.15, -0.1) is 10.2 Å². The Morgan fingerprint density at radius 3 is 2.89 bits per heavy atom. The summed E-state index contributed by atoms with van der Waals surface area (Å²) < 4.78 is 7.27. The van der Waals surface area contributed by atoms with Crippen molar-refractivity contribution in [1.82, 2.24) is 24.7 Å². The molecule has 0 bridgehead atoms. The van der Waals surface area contributed by atoms with Gasteiger partial charge in [0, 0.05) is 0 Å². The third-order valence-corrected chi connectivity index (χ3v) is 5.14. The maximum atomic E-state index is 12.3. The fraction of sp³-hybridized carbons (Fsp3) is 0.158. The van der Waals surface area contributed by atoms with Crippen LogP contribution in [-0.4, -0.2) is 31.8 Å². The van der Waals surface area contributed by atoms with Crippen LogP contribution < -0.4 is 10.3 Å². The van der Waals surface area contributed by atoms with Crippen LogP contribution in [0.4, 0.5) is 0 Å². The molecule has 0 atom stereocenters. The lowest BCUT2D eigenvalue weighted by atomic mass is 10.1. The minimum absolute atomic E-state index is 0.134. The van der Waals surface area contributed by atoms with Crippen molar-refractivity contribution in [1.29, 1.82) is 0 Å². The summed E-state index contributed by atoms with van der Waals surface area (Å²) >= 11 is 1.45. The van der Waals surface area contributed by atoms with Crippen molar-refractivity contribution in [2.45, 2.75) is 17.8 Å². The highest BCUT2D eigenvalue weighted by Crippen LogP contribution is 2.27. The summed E-state index contributed by atoms with van der Waals surface area (Å²) in [5.74, 6) is 1.79. The lowest BCUT2D eigenvalue weighted by molar-refractivity contribution is 0.412. The van der Waals surface area contributed by atoms with Gasteiger partial charge < -0.3 is 9.72 Å². The lowest BCUT2D eigenvalue weighted by Gasteiger charge is -2.10. The van der Waals surface area contributed by atoms with Gasteiger partial charge in [0.05, 0.1) is 29.5 Å². The first kappa shape index (κ1) is 17.3. The second kappa shape index (κ2) is 7.24. The van der Waals surface area contributed by atoms with Gasteiger partial charge in [-0.1, -0.05) is 36.0 Å². The van der Waals surface area contributed by atoms with E-state index in [9.17, 15) is 4.79 Å². The molecule has 0 aliphatic carbocycles. The van der Waals surface area contributed by atoms with Gasteiger partial charge in [-0.2, -0.15) is 0 Å². The van der Waals surface area contributed by atoms with E-state index in [1.807, 2.05) is 47.9 Å². The van der Waals surface area contributed by atoms with E-state index in [4.69, 9.17) is 4.74 Å². The minimum Gasteiger partial charge on any atom is -0.495 e. The molecule has 0 saturated carbocycles. The topological polar surface area (TPSA) is 85.7 Å². The Bertz CT molecular complexity index is 1170. The maximum absolute atomic E-state index is 12.3. The molecule has 0 radical (unpaired) electrons. The third-order valence-electron chi connectivity index (χ3n) is 4.19. The summed E-state index contributed by atoms with van der Waals surface area (Å²) in [5.41, 5.74) is 2.42. The molecule has 4 aromatic rings.